The number of nitrogens with zero attached hydrogens (tertiary/aromatic N) is 2. The van der Waals surface area contributed by atoms with Crippen molar-refractivity contribution in [3.63, 3.8) is 0 Å². The molecule has 14 nitrogen and oxygen atoms in total. The number of unbranched alkanes of at least 4 members (excludes halogenated alkanes) is 11. The maximum absolute atomic E-state index is 14.1. The van der Waals surface area contributed by atoms with Crippen molar-refractivity contribution in [3.8, 4) is 0 Å². The number of benzene rings is 5. The Labute approximate surface area is 383 Å². The van der Waals surface area contributed by atoms with E-state index in [1.165, 1.54) is 48.3 Å². The Morgan fingerprint density at radius 2 is 0.758 bits per heavy atom. The standard InChI is InChI=1S/C52H59N3O11/c1-2-3-4-5-6-7-8-9-10-13-30-54-48(63)36-20-16-32-34-18-22-38-47-39(23-19-35(45(34)47)33-17-21-37(49(54)64)46(36)44(32)33)51(66)55(50(38)65)31-14-11-12-15-40(56)53-52(27-24-41(57)58,28-25-42(59)60)29-26-43(61)62/h16-23H,2-15,24-31H2,1H3,(H,53,56)(H,57,58)(H,59,60)(H,61,62). The van der Waals surface area contributed by atoms with E-state index in [-0.39, 0.29) is 63.3 Å². The van der Waals surface area contributed by atoms with Gasteiger partial charge >= 0.3 is 17.9 Å². The third-order valence-electron chi connectivity index (χ3n) is 13.7. The Bertz CT molecular complexity index is 2560. The largest absolute Gasteiger partial charge is 0.481 e. The van der Waals surface area contributed by atoms with Gasteiger partial charge in [-0.1, -0.05) is 95.4 Å². The first kappa shape index (κ1) is 47.5. The molecule has 0 saturated carbocycles. The van der Waals surface area contributed by atoms with Crippen LogP contribution < -0.4 is 5.32 Å². The number of hydrogen-bond acceptors (Lipinski definition) is 8. The fraction of sp³-hybridized carbons (Fsp3) is 0.462. The summed E-state index contributed by atoms with van der Waals surface area (Å²) in [6, 6.07) is 14.6. The monoisotopic (exact) mass is 901 g/mol. The maximum atomic E-state index is 14.1. The van der Waals surface area contributed by atoms with E-state index in [9.17, 15) is 53.7 Å². The molecule has 5 aromatic carbocycles. The van der Waals surface area contributed by atoms with E-state index in [4.69, 9.17) is 0 Å². The van der Waals surface area contributed by atoms with Gasteiger partial charge in [0.1, 0.15) is 0 Å². The molecular formula is C52H59N3O11. The smallest absolute Gasteiger partial charge is 0.303 e. The molecule has 7 rings (SSSR count). The van der Waals surface area contributed by atoms with Gasteiger partial charge in [-0.05, 0) is 95.1 Å². The number of aliphatic carboxylic acids is 3. The minimum atomic E-state index is -1.33. The van der Waals surface area contributed by atoms with Crippen LogP contribution in [0.5, 0.6) is 0 Å². The Morgan fingerprint density at radius 1 is 0.439 bits per heavy atom. The summed E-state index contributed by atoms with van der Waals surface area (Å²) in [5, 5.41) is 36.6. The Kier molecular flexibility index (Phi) is 15.0. The van der Waals surface area contributed by atoms with Crippen molar-refractivity contribution in [1.29, 1.82) is 0 Å². The molecule has 5 aromatic rings. The van der Waals surface area contributed by atoms with Crippen LogP contribution in [0.4, 0.5) is 0 Å². The van der Waals surface area contributed by atoms with Crippen molar-refractivity contribution in [2.45, 2.75) is 141 Å². The predicted molar refractivity (Wildman–Crippen MR) is 250 cm³/mol. The molecule has 0 saturated heterocycles. The van der Waals surface area contributed by atoms with Crippen molar-refractivity contribution >= 4 is 90.5 Å². The first-order valence-corrected chi connectivity index (χ1v) is 23.7. The van der Waals surface area contributed by atoms with Crippen LogP contribution >= 0.6 is 0 Å². The van der Waals surface area contributed by atoms with E-state index in [0.29, 0.717) is 58.8 Å². The number of carboxylic acid groups (broad SMARTS) is 3. The van der Waals surface area contributed by atoms with Crippen LogP contribution in [0.15, 0.2) is 48.5 Å². The number of imide groups is 2. The van der Waals surface area contributed by atoms with E-state index < -0.39 is 41.2 Å². The number of carbonyl (C=O) groups is 8. The normalized spacial score (nSPS) is 13.8. The summed E-state index contributed by atoms with van der Waals surface area (Å²) in [7, 11) is 0. The van der Waals surface area contributed by atoms with Crippen molar-refractivity contribution < 1.29 is 53.7 Å². The second kappa shape index (κ2) is 20.8. The SMILES string of the molecule is CCCCCCCCCCCCN1C(=O)c2ccc3c4ccc5c6c(ccc(c7ccc(c2c37)C1=O)c64)C(=O)N(CCCCCC(=O)NC(CCC(=O)O)(CCC(=O)O)CCC(=O)O)C5=O. The highest BCUT2D eigenvalue weighted by Crippen LogP contribution is 2.46. The van der Waals surface area contributed by atoms with Gasteiger partial charge in [-0.2, -0.15) is 0 Å². The highest BCUT2D eigenvalue weighted by molar-refractivity contribution is 6.41. The van der Waals surface area contributed by atoms with Crippen molar-refractivity contribution in [1.82, 2.24) is 15.1 Å². The summed E-state index contributed by atoms with van der Waals surface area (Å²) < 4.78 is 0. The number of carbonyl (C=O) groups excluding carboxylic acids is 5. The van der Waals surface area contributed by atoms with Gasteiger partial charge in [-0.25, -0.2) is 0 Å². The Balaban J connectivity index is 1.03. The average Bonchev–Trinajstić information content (AvgIpc) is 3.29. The maximum Gasteiger partial charge on any atom is 0.303 e. The van der Waals surface area contributed by atoms with Crippen LogP contribution in [-0.4, -0.2) is 91.2 Å². The number of hydrogen-bond donors (Lipinski definition) is 4. The van der Waals surface area contributed by atoms with Crippen molar-refractivity contribution in [2.75, 3.05) is 13.1 Å². The Hall–Kier alpha value is -6.44. The van der Waals surface area contributed by atoms with Crippen LogP contribution in [0.1, 0.15) is 177 Å². The lowest BCUT2D eigenvalue weighted by atomic mass is 9.82. The first-order valence-electron chi connectivity index (χ1n) is 23.7. The molecule has 0 fully saturated rings. The molecule has 0 spiro atoms. The molecule has 0 atom stereocenters. The average molecular weight is 902 g/mol. The molecule has 66 heavy (non-hydrogen) atoms. The van der Waals surface area contributed by atoms with E-state index in [2.05, 4.69) is 12.2 Å². The minimum Gasteiger partial charge on any atom is -0.481 e. The van der Waals surface area contributed by atoms with E-state index in [0.717, 1.165) is 58.0 Å². The quantitative estimate of drug-likeness (QED) is 0.0168. The molecule has 2 heterocycles. The number of rotatable bonds is 27. The van der Waals surface area contributed by atoms with Gasteiger partial charge < -0.3 is 20.6 Å². The third kappa shape index (κ3) is 9.87. The highest BCUT2D eigenvalue weighted by Gasteiger charge is 2.37. The predicted octanol–water partition coefficient (Wildman–Crippen LogP) is 9.86. The van der Waals surface area contributed by atoms with E-state index in [1.807, 2.05) is 24.3 Å². The summed E-state index contributed by atoms with van der Waals surface area (Å²) >= 11 is 0. The molecule has 14 heteroatoms. The molecule has 5 amide bonds. The fourth-order valence-electron chi connectivity index (χ4n) is 10.2. The molecule has 0 radical (unpaired) electrons. The summed E-state index contributed by atoms with van der Waals surface area (Å²) in [6.07, 6.45) is 11.2. The lowest BCUT2D eigenvalue weighted by molar-refractivity contribution is -0.139. The first-order chi connectivity index (χ1) is 31.8. The highest BCUT2D eigenvalue weighted by atomic mass is 16.4. The lowest BCUT2D eigenvalue weighted by Crippen LogP contribution is -2.49. The van der Waals surface area contributed by atoms with Gasteiger partial charge in [-0.3, -0.25) is 48.2 Å². The van der Waals surface area contributed by atoms with E-state index >= 15 is 0 Å². The second-order valence-corrected chi connectivity index (χ2v) is 18.2. The van der Waals surface area contributed by atoms with E-state index in [1.54, 1.807) is 24.3 Å². The summed E-state index contributed by atoms with van der Waals surface area (Å²) in [5.74, 6) is -5.42. The molecule has 2 aliphatic rings. The van der Waals surface area contributed by atoms with Gasteiger partial charge in [0.25, 0.3) is 23.6 Å². The molecule has 0 bridgehead atoms. The van der Waals surface area contributed by atoms with Gasteiger partial charge in [0.05, 0.1) is 0 Å². The van der Waals surface area contributed by atoms with Gasteiger partial charge in [0.2, 0.25) is 5.91 Å². The second-order valence-electron chi connectivity index (χ2n) is 18.2. The number of nitrogens with one attached hydrogen (secondary N) is 1. The molecule has 0 unspecified atom stereocenters. The summed E-state index contributed by atoms with van der Waals surface area (Å²) in [5.41, 5.74) is 0.416. The van der Waals surface area contributed by atoms with Gasteiger partial charge in [0.15, 0.2) is 0 Å². The molecule has 2 aliphatic heterocycles. The van der Waals surface area contributed by atoms with Crippen LogP contribution in [0, 0.1) is 0 Å². The number of fused-ring (bicyclic) bond motifs is 2. The summed E-state index contributed by atoms with van der Waals surface area (Å²) in [6.45, 7) is 2.68. The van der Waals surface area contributed by atoms with Crippen LogP contribution in [-0.2, 0) is 19.2 Å². The Morgan fingerprint density at radius 3 is 1.09 bits per heavy atom. The van der Waals surface area contributed by atoms with Crippen molar-refractivity contribution in [2.24, 2.45) is 0 Å². The number of carboxylic acids is 3. The fourth-order valence-corrected chi connectivity index (χ4v) is 10.2. The minimum absolute atomic E-state index is 0.0122. The molecule has 4 N–H and O–H groups in total. The summed E-state index contributed by atoms with van der Waals surface area (Å²) in [4.78, 5) is 106. The van der Waals surface area contributed by atoms with Gasteiger partial charge in [0, 0.05) is 77.3 Å². The lowest BCUT2D eigenvalue weighted by Gasteiger charge is -2.34. The third-order valence-corrected chi connectivity index (χ3v) is 13.7. The molecule has 0 aliphatic carbocycles. The zero-order valence-electron chi connectivity index (χ0n) is 37.7. The zero-order chi connectivity index (χ0) is 47.1. The van der Waals surface area contributed by atoms with Crippen LogP contribution in [0.2, 0.25) is 0 Å². The zero-order valence-corrected chi connectivity index (χ0v) is 37.7. The topological polar surface area (TPSA) is 216 Å². The molecule has 0 aromatic heterocycles. The van der Waals surface area contributed by atoms with Crippen LogP contribution in [0.25, 0.3) is 43.1 Å². The van der Waals surface area contributed by atoms with Crippen LogP contribution in [0.3, 0.4) is 0 Å². The molecule has 348 valence electrons. The van der Waals surface area contributed by atoms with Gasteiger partial charge in [-0.15, -0.1) is 0 Å². The number of amides is 5. The molecular weight excluding hydrogens is 843 g/mol. The van der Waals surface area contributed by atoms with Crippen molar-refractivity contribution in [3.05, 3.63) is 70.8 Å².